The Kier molecular flexibility index (Phi) is 5.43. The molecule has 2 heterocycles. The van der Waals surface area contributed by atoms with Gasteiger partial charge in [0.2, 0.25) is 0 Å². The topological polar surface area (TPSA) is 92.0 Å². The summed E-state index contributed by atoms with van der Waals surface area (Å²) < 4.78 is 60.7. The van der Waals surface area contributed by atoms with Crippen LogP contribution in [0.1, 0.15) is 16.1 Å². The van der Waals surface area contributed by atoms with Crippen LogP contribution in [0.5, 0.6) is 0 Å². The SMILES string of the molecule is O=C(O)c1c(-c2c(F)cccc2Cl)noc1-c1c(-c2cccc(Cl)c2)n[nH]c1C(F)(F)F. The Hall–Kier alpha value is -3.37. The van der Waals surface area contributed by atoms with E-state index in [1.54, 1.807) is 0 Å². The number of carboxylic acid groups (broad SMARTS) is 1. The third-order valence-electron chi connectivity index (χ3n) is 4.48. The predicted molar refractivity (Wildman–Crippen MR) is 107 cm³/mol. The molecule has 0 saturated carbocycles. The highest BCUT2D eigenvalue weighted by Crippen LogP contribution is 2.45. The smallest absolute Gasteiger partial charge is 0.433 e. The lowest BCUT2D eigenvalue weighted by atomic mass is 9.98. The molecule has 2 aromatic carbocycles. The van der Waals surface area contributed by atoms with E-state index in [4.69, 9.17) is 27.7 Å². The van der Waals surface area contributed by atoms with E-state index < -0.39 is 51.8 Å². The maximum Gasteiger partial charge on any atom is 0.433 e. The van der Waals surface area contributed by atoms with Gasteiger partial charge in [-0.15, -0.1) is 0 Å². The van der Waals surface area contributed by atoms with Gasteiger partial charge in [0, 0.05) is 10.6 Å². The average molecular weight is 486 g/mol. The van der Waals surface area contributed by atoms with Crippen molar-refractivity contribution >= 4 is 29.2 Å². The largest absolute Gasteiger partial charge is 0.477 e. The van der Waals surface area contributed by atoms with Gasteiger partial charge in [-0.1, -0.05) is 46.6 Å². The number of nitrogens with one attached hydrogen (secondary N) is 1. The zero-order valence-corrected chi connectivity index (χ0v) is 17.0. The maximum atomic E-state index is 14.4. The Bertz CT molecular complexity index is 1330. The monoisotopic (exact) mass is 485 g/mol. The van der Waals surface area contributed by atoms with E-state index in [2.05, 4.69) is 10.3 Å². The first kappa shape index (κ1) is 21.8. The first-order valence-corrected chi connectivity index (χ1v) is 9.44. The number of rotatable bonds is 4. The second-order valence-corrected chi connectivity index (χ2v) is 7.31. The van der Waals surface area contributed by atoms with Crippen LogP contribution in [0.3, 0.4) is 0 Å². The van der Waals surface area contributed by atoms with E-state index in [1.807, 2.05) is 5.10 Å². The summed E-state index contributed by atoms with van der Waals surface area (Å²) in [6.07, 6.45) is -4.96. The lowest BCUT2D eigenvalue weighted by molar-refractivity contribution is -0.140. The highest BCUT2D eigenvalue weighted by molar-refractivity contribution is 6.33. The Balaban J connectivity index is 2.06. The number of benzene rings is 2. The molecule has 4 rings (SSSR count). The number of halogens is 6. The minimum Gasteiger partial charge on any atom is -0.477 e. The van der Waals surface area contributed by atoms with Gasteiger partial charge in [0.15, 0.2) is 11.5 Å². The van der Waals surface area contributed by atoms with Crippen LogP contribution in [-0.2, 0) is 6.18 Å². The Morgan fingerprint density at radius 1 is 1.06 bits per heavy atom. The van der Waals surface area contributed by atoms with Gasteiger partial charge < -0.3 is 9.63 Å². The summed E-state index contributed by atoms with van der Waals surface area (Å²) >= 11 is 11.9. The van der Waals surface area contributed by atoms with E-state index in [1.165, 1.54) is 36.4 Å². The van der Waals surface area contributed by atoms with Crippen molar-refractivity contribution in [1.29, 1.82) is 0 Å². The normalized spacial score (nSPS) is 11.7. The summed E-state index contributed by atoms with van der Waals surface area (Å²) in [5, 5.41) is 18.9. The van der Waals surface area contributed by atoms with Gasteiger partial charge in [0.25, 0.3) is 0 Å². The number of carbonyl (C=O) groups is 1. The molecule has 0 unspecified atom stereocenters. The summed E-state index contributed by atoms with van der Waals surface area (Å²) in [7, 11) is 0. The van der Waals surface area contributed by atoms with E-state index in [0.29, 0.717) is 0 Å². The maximum absolute atomic E-state index is 14.4. The molecule has 0 bridgehead atoms. The van der Waals surface area contributed by atoms with Gasteiger partial charge in [-0.2, -0.15) is 18.3 Å². The summed E-state index contributed by atoms with van der Waals surface area (Å²) in [4.78, 5) is 12.1. The zero-order valence-electron chi connectivity index (χ0n) is 15.5. The van der Waals surface area contributed by atoms with Gasteiger partial charge >= 0.3 is 12.1 Å². The van der Waals surface area contributed by atoms with E-state index in [-0.39, 0.29) is 21.3 Å². The molecule has 2 aromatic heterocycles. The first-order chi connectivity index (χ1) is 15.1. The van der Waals surface area contributed by atoms with Crippen molar-refractivity contribution in [3.8, 4) is 33.8 Å². The molecule has 164 valence electrons. The fourth-order valence-electron chi connectivity index (χ4n) is 3.17. The number of alkyl halides is 3. The molecule has 4 aromatic rings. The molecule has 0 aliphatic carbocycles. The third-order valence-corrected chi connectivity index (χ3v) is 5.03. The van der Waals surface area contributed by atoms with Crippen LogP contribution in [0.15, 0.2) is 47.0 Å². The lowest BCUT2D eigenvalue weighted by Crippen LogP contribution is -2.08. The number of carboxylic acids is 1. The van der Waals surface area contributed by atoms with Crippen LogP contribution in [0.2, 0.25) is 10.0 Å². The van der Waals surface area contributed by atoms with Crippen molar-refractivity contribution in [3.63, 3.8) is 0 Å². The fourth-order valence-corrected chi connectivity index (χ4v) is 3.61. The number of aromatic carboxylic acids is 1. The predicted octanol–water partition coefficient (Wildman–Crippen LogP) is 6.56. The molecule has 2 N–H and O–H groups in total. The van der Waals surface area contributed by atoms with Gasteiger partial charge in [-0.3, -0.25) is 5.10 Å². The van der Waals surface area contributed by atoms with Crippen LogP contribution >= 0.6 is 23.2 Å². The Labute approximate surface area is 186 Å². The highest BCUT2D eigenvalue weighted by atomic mass is 35.5. The molecule has 0 atom stereocenters. The van der Waals surface area contributed by atoms with Gasteiger partial charge in [0.1, 0.15) is 22.8 Å². The van der Waals surface area contributed by atoms with Crippen LogP contribution in [0.25, 0.3) is 33.8 Å². The van der Waals surface area contributed by atoms with Crippen LogP contribution < -0.4 is 0 Å². The lowest BCUT2D eigenvalue weighted by Gasteiger charge is -2.08. The molecular weight excluding hydrogens is 477 g/mol. The van der Waals surface area contributed by atoms with Crippen LogP contribution in [0, 0.1) is 5.82 Å². The molecule has 12 heteroatoms. The number of H-pyrrole nitrogens is 1. The second kappa shape index (κ2) is 7.95. The van der Waals surface area contributed by atoms with Gasteiger partial charge in [-0.25, -0.2) is 9.18 Å². The number of aromatic nitrogens is 3. The molecule has 0 radical (unpaired) electrons. The number of hydrogen-bond acceptors (Lipinski definition) is 4. The van der Waals surface area contributed by atoms with Crippen molar-refractivity contribution < 1.29 is 32.0 Å². The Morgan fingerprint density at radius 3 is 2.41 bits per heavy atom. The van der Waals surface area contributed by atoms with Gasteiger partial charge in [0.05, 0.1) is 16.1 Å². The molecule has 0 aliphatic heterocycles. The van der Waals surface area contributed by atoms with Crippen LogP contribution in [0.4, 0.5) is 17.6 Å². The molecule has 0 fully saturated rings. The minimum absolute atomic E-state index is 0.150. The van der Waals surface area contributed by atoms with Crippen molar-refractivity contribution in [3.05, 3.63) is 69.6 Å². The van der Waals surface area contributed by atoms with Crippen molar-refractivity contribution in [1.82, 2.24) is 15.4 Å². The number of aromatic amines is 1. The fraction of sp³-hybridized carbons (Fsp3) is 0.0500. The minimum atomic E-state index is -4.96. The quantitative estimate of drug-likeness (QED) is 0.319. The molecule has 0 spiro atoms. The molecule has 0 aliphatic rings. The van der Waals surface area contributed by atoms with E-state index in [0.717, 1.165) is 6.07 Å². The molecular formula is C20H9Cl2F4N3O3. The molecule has 0 saturated heterocycles. The Morgan fingerprint density at radius 2 is 1.78 bits per heavy atom. The number of hydrogen-bond donors (Lipinski definition) is 2. The molecule has 32 heavy (non-hydrogen) atoms. The number of nitrogens with zero attached hydrogens (tertiary/aromatic N) is 2. The summed E-state index contributed by atoms with van der Waals surface area (Å²) in [6, 6.07) is 9.29. The van der Waals surface area contributed by atoms with Crippen LogP contribution in [-0.4, -0.2) is 26.4 Å². The summed E-state index contributed by atoms with van der Waals surface area (Å²) in [5.41, 5.74) is -4.04. The summed E-state index contributed by atoms with van der Waals surface area (Å²) in [5.74, 6) is -3.41. The van der Waals surface area contributed by atoms with Crippen molar-refractivity contribution in [2.24, 2.45) is 0 Å². The summed E-state index contributed by atoms with van der Waals surface area (Å²) in [6.45, 7) is 0. The van der Waals surface area contributed by atoms with E-state index >= 15 is 0 Å². The zero-order chi connectivity index (χ0) is 23.2. The van der Waals surface area contributed by atoms with Crippen molar-refractivity contribution in [2.75, 3.05) is 0 Å². The average Bonchev–Trinajstić information content (AvgIpc) is 3.32. The standard InChI is InChI=1S/C20H9Cl2F4N3O3/c21-9-4-1-3-8(7-9)15-13(18(28-27-15)20(24,25)26)17-14(19(30)31)16(29-32-17)12-10(22)5-2-6-11(12)23/h1-7H,(H,27,28)(H,30,31). The van der Waals surface area contributed by atoms with Gasteiger partial charge in [-0.05, 0) is 24.3 Å². The van der Waals surface area contributed by atoms with E-state index in [9.17, 15) is 27.5 Å². The molecule has 0 amide bonds. The second-order valence-electron chi connectivity index (χ2n) is 6.47. The first-order valence-electron chi connectivity index (χ1n) is 8.68. The third kappa shape index (κ3) is 3.71. The van der Waals surface area contributed by atoms with Crippen molar-refractivity contribution in [2.45, 2.75) is 6.18 Å². The molecule has 6 nitrogen and oxygen atoms in total. The highest BCUT2D eigenvalue weighted by Gasteiger charge is 2.41.